The summed E-state index contributed by atoms with van der Waals surface area (Å²) in [6.45, 7) is 3.85. The molecule has 2 aliphatic rings. The minimum atomic E-state index is -0.158. The Morgan fingerprint density at radius 2 is 1.70 bits per heavy atom. The third-order valence-corrected chi connectivity index (χ3v) is 5.29. The summed E-state index contributed by atoms with van der Waals surface area (Å²) in [7, 11) is 0. The molecular weight excluding hydrogens is 288 g/mol. The maximum Gasteiger partial charge on any atom is 0.244 e. The molecule has 1 aromatic carbocycles. The average molecular weight is 316 g/mol. The van der Waals surface area contributed by atoms with Crippen LogP contribution in [0.2, 0.25) is 0 Å². The fourth-order valence-corrected chi connectivity index (χ4v) is 3.83. The van der Waals surface area contributed by atoms with Gasteiger partial charge in [-0.3, -0.25) is 9.69 Å². The van der Waals surface area contributed by atoms with Gasteiger partial charge in [0.25, 0.3) is 0 Å². The van der Waals surface area contributed by atoms with Gasteiger partial charge in [0.05, 0.1) is 0 Å². The fraction of sp³-hybridized carbons (Fsp3) is 0.632. The van der Waals surface area contributed by atoms with Crippen LogP contribution in [0.1, 0.15) is 43.7 Å². The van der Waals surface area contributed by atoms with Crippen LogP contribution in [0, 0.1) is 5.92 Å². The predicted octanol–water partition coefficient (Wildman–Crippen LogP) is 2.44. The van der Waals surface area contributed by atoms with Crippen molar-refractivity contribution in [3.8, 4) is 0 Å². The van der Waals surface area contributed by atoms with Crippen LogP contribution in [-0.2, 0) is 4.79 Å². The van der Waals surface area contributed by atoms with Crippen LogP contribution < -0.4 is 0 Å². The van der Waals surface area contributed by atoms with Crippen LogP contribution in [0.5, 0.6) is 0 Å². The molecule has 1 aromatic rings. The summed E-state index contributed by atoms with van der Waals surface area (Å²) in [5.74, 6) is 0.658. The first kappa shape index (κ1) is 16.5. The number of hydrogen-bond donors (Lipinski definition) is 1. The molecular formula is C19H28N2O2. The molecule has 0 aliphatic carbocycles. The normalized spacial score (nSPS) is 22.0. The fourth-order valence-electron chi connectivity index (χ4n) is 3.83. The van der Waals surface area contributed by atoms with E-state index in [0.717, 1.165) is 57.4 Å². The van der Waals surface area contributed by atoms with Crippen LogP contribution in [0.3, 0.4) is 0 Å². The van der Waals surface area contributed by atoms with Gasteiger partial charge in [-0.25, -0.2) is 0 Å². The largest absolute Gasteiger partial charge is 0.396 e. The zero-order chi connectivity index (χ0) is 16.1. The Balaban J connectivity index is 1.78. The molecule has 1 atom stereocenters. The van der Waals surface area contributed by atoms with Crippen molar-refractivity contribution in [3.63, 3.8) is 0 Å². The van der Waals surface area contributed by atoms with Crippen LogP contribution in [-0.4, -0.2) is 53.6 Å². The van der Waals surface area contributed by atoms with E-state index < -0.39 is 0 Å². The molecule has 1 N–H and O–H groups in total. The molecule has 0 aromatic heterocycles. The van der Waals surface area contributed by atoms with Crippen molar-refractivity contribution in [2.75, 3.05) is 32.8 Å². The van der Waals surface area contributed by atoms with Gasteiger partial charge < -0.3 is 10.0 Å². The number of hydrogen-bond acceptors (Lipinski definition) is 3. The molecule has 2 heterocycles. The quantitative estimate of drug-likeness (QED) is 0.928. The van der Waals surface area contributed by atoms with E-state index in [4.69, 9.17) is 0 Å². The lowest BCUT2D eigenvalue weighted by Crippen LogP contribution is -2.47. The lowest BCUT2D eigenvalue weighted by atomic mass is 9.94. The van der Waals surface area contributed by atoms with Crippen LogP contribution in [0.4, 0.5) is 0 Å². The minimum absolute atomic E-state index is 0.158. The van der Waals surface area contributed by atoms with Gasteiger partial charge >= 0.3 is 0 Å². The molecule has 2 aliphatic heterocycles. The number of aliphatic hydroxyl groups is 1. The third kappa shape index (κ3) is 3.93. The Kier molecular flexibility index (Phi) is 5.68. The molecule has 1 amide bonds. The summed E-state index contributed by atoms with van der Waals surface area (Å²) in [6, 6.07) is 10.0. The number of carbonyl (C=O) groups is 1. The number of benzene rings is 1. The highest BCUT2D eigenvalue weighted by atomic mass is 16.3. The number of amides is 1. The SMILES string of the molecule is O=C(C(c1ccccc1)N1CCC(CO)CC1)N1CCCCC1. The number of piperidine rings is 2. The summed E-state index contributed by atoms with van der Waals surface area (Å²) < 4.78 is 0. The maximum atomic E-state index is 13.2. The van der Waals surface area contributed by atoms with Gasteiger partial charge in [-0.05, 0) is 56.7 Å². The highest BCUT2D eigenvalue weighted by molar-refractivity contribution is 5.83. The van der Waals surface area contributed by atoms with E-state index in [0.29, 0.717) is 5.92 Å². The van der Waals surface area contributed by atoms with Gasteiger partial charge in [-0.15, -0.1) is 0 Å². The van der Waals surface area contributed by atoms with Crippen molar-refractivity contribution in [3.05, 3.63) is 35.9 Å². The van der Waals surface area contributed by atoms with E-state index in [2.05, 4.69) is 21.9 Å². The van der Waals surface area contributed by atoms with E-state index in [1.165, 1.54) is 6.42 Å². The molecule has 0 bridgehead atoms. The summed E-state index contributed by atoms with van der Waals surface area (Å²) in [5, 5.41) is 9.35. The number of carbonyl (C=O) groups excluding carboxylic acids is 1. The smallest absolute Gasteiger partial charge is 0.244 e. The first-order valence-corrected chi connectivity index (χ1v) is 8.98. The third-order valence-electron chi connectivity index (χ3n) is 5.29. The van der Waals surface area contributed by atoms with E-state index >= 15 is 0 Å². The number of likely N-dealkylation sites (tertiary alicyclic amines) is 2. The monoisotopic (exact) mass is 316 g/mol. The Labute approximate surface area is 139 Å². The molecule has 0 radical (unpaired) electrons. The van der Waals surface area contributed by atoms with Crippen molar-refractivity contribution in [1.29, 1.82) is 0 Å². The number of aliphatic hydroxyl groups excluding tert-OH is 1. The molecule has 0 saturated carbocycles. The van der Waals surface area contributed by atoms with Crippen molar-refractivity contribution in [2.24, 2.45) is 5.92 Å². The Morgan fingerprint density at radius 3 is 2.30 bits per heavy atom. The summed E-state index contributed by atoms with van der Waals surface area (Å²) in [6.07, 6.45) is 5.45. The van der Waals surface area contributed by atoms with Crippen molar-refractivity contribution in [2.45, 2.75) is 38.1 Å². The molecule has 0 spiro atoms. The van der Waals surface area contributed by atoms with Crippen molar-refractivity contribution in [1.82, 2.24) is 9.80 Å². The molecule has 2 fully saturated rings. The molecule has 4 nitrogen and oxygen atoms in total. The number of rotatable bonds is 4. The highest BCUT2D eigenvalue weighted by Crippen LogP contribution is 2.29. The number of nitrogens with zero attached hydrogens (tertiary/aromatic N) is 2. The molecule has 23 heavy (non-hydrogen) atoms. The Hall–Kier alpha value is -1.39. The molecule has 126 valence electrons. The first-order chi connectivity index (χ1) is 11.3. The van der Waals surface area contributed by atoms with Gasteiger partial charge in [0.15, 0.2) is 0 Å². The van der Waals surface area contributed by atoms with Crippen LogP contribution >= 0.6 is 0 Å². The highest BCUT2D eigenvalue weighted by Gasteiger charge is 2.33. The molecule has 1 unspecified atom stereocenters. The second-order valence-electron chi connectivity index (χ2n) is 6.86. The van der Waals surface area contributed by atoms with E-state index in [1.807, 2.05) is 18.2 Å². The molecule has 2 saturated heterocycles. The van der Waals surface area contributed by atoms with Crippen LogP contribution in [0.25, 0.3) is 0 Å². The summed E-state index contributed by atoms with van der Waals surface area (Å²) >= 11 is 0. The molecule has 4 heteroatoms. The van der Waals surface area contributed by atoms with Crippen LogP contribution in [0.15, 0.2) is 30.3 Å². The zero-order valence-corrected chi connectivity index (χ0v) is 13.9. The van der Waals surface area contributed by atoms with Gasteiger partial charge in [0, 0.05) is 19.7 Å². The van der Waals surface area contributed by atoms with Gasteiger partial charge in [0.2, 0.25) is 5.91 Å². The second-order valence-corrected chi connectivity index (χ2v) is 6.86. The second kappa shape index (κ2) is 7.93. The standard InChI is InChI=1S/C19H28N2O2/c22-15-16-9-13-20(14-10-16)18(17-7-3-1-4-8-17)19(23)21-11-5-2-6-12-21/h1,3-4,7-8,16,18,22H,2,5-6,9-15H2. The Morgan fingerprint density at radius 1 is 1.04 bits per heavy atom. The summed E-state index contributed by atoms with van der Waals surface area (Å²) in [4.78, 5) is 17.6. The lowest BCUT2D eigenvalue weighted by Gasteiger charge is -2.39. The van der Waals surface area contributed by atoms with Gasteiger partial charge in [-0.1, -0.05) is 30.3 Å². The average Bonchev–Trinajstić information content (AvgIpc) is 2.64. The molecule has 3 rings (SSSR count). The van der Waals surface area contributed by atoms with Crippen molar-refractivity contribution >= 4 is 5.91 Å². The topological polar surface area (TPSA) is 43.8 Å². The van der Waals surface area contributed by atoms with Gasteiger partial charge in [-0.2, -0.15) is 0 Å². The van der Waals surface area contributed by atoms with E-state index in [1.54, 1.807) is 0 Å². The Bertz CT molecular complexity index is 491. The van der Waals surface area contributed by atoms with E-state index in [9.17, 15) is 9.90 Å². The first-order valence-electron chi connectivity index (χ1n) is 8.98. The van der Waals surface area contributed by atoms with Gasteiger partial charge in [0.1, 0.15) is 6.04 Å². The minimum Gasteiger partial charge on any atom is -0.396 e. The maximum absolute atomic E-state index is 13.2. The summed E-state index contributed by atoms with van der Waals surface area (Å²) in [5.41, 5.74) is 1.10. The lowest BCUT2D eigenvalue weighted by molar-refractivity contribution is -0.139. The van der Waals surface area contributed by atoms with Crippen molar-refractivity contribution < 1.29 is 9.90 Å². The zero-order valence-electron chi connectivity index (χ0n) is 13.9. The predicted molar refractivity (Wildman–Crippen MR) is 91.0 cm³/mol. The van der Waals surface area contributed by atoms with E-state index in [-0.39, 0.29) is 18.6 Å².